The molecule has 2 aromatic heterocycles. The van der Waals surface area contributed by atoms with E-state index in [0.717, 1.165) is 53.3 Å². The first-order valence-corrected chi connectivity index (χ1v) is 13.4. The highest BCUT2D eigenvalue weighted by molar-refractivity contribution is 8.00. The van der Waals surface area contributed by atoms with E-state index in [1.807, 2.05) is 30.3 Å². The van der Waals surface area contributed by atoms with Crippen molar-refractivity contribution in [2.75, 3.05) is 37.9 Å². The van der Waals surface area contributed by atoms with Crippen molar-refractivity contribution >= 4 is 45.9 Å². The summed E-state index contributed by atoms with van der Waals surface area (Å²) in [5.41, 5.74) is 2.37. The Labute approximate surface area is 221 Å². The van der Waals surface area contributed by atoms with E-state index in [4.69, 9.17) is 14.5 Å². The molecule has 4 aromatic rings. The maximum atomic E-state index is 6.23. The number of hydrogen-bond acceptors (Lipinski definition) is 9. The van der Waals surface area contributed by atoms with E-state index in [1.54, 1.807) is 25.1 Å². The Balaban J connectivity index is 1.39. The number of likely N-dealkylation sites (tertiary alicyclic amines) is 1. The molecule has 0 atom stereocenters. The number of benzene rings is 2. The van der Waals surface area contributed by atoms with Gasteiger partial charge in [0, 0.05) is 29.3 Å². The molecular weight excluding hydrogens is 486 g/mol. The lowest BCUT2D eigenvalue weighted by atomic mass is 10.1. The fourth-order valence-electron chi connectivity index (χ4n) is 4.30. The highest BCUT2D eigenvalue weighted by Gasteiger charge is 2.19. The summed E-state index contributed by atoms with van der Waals surface area (Å²) in [6.07, 6.45) is 3.99. The summed E-state index contributed by atoms with van der Waals surface area (Å²) in [5, 5.41) is 15.2. The van der Waals surface area contributed by atoms with Gasteiger partial charge in [0.1, 0.15) is 23.4 Å². The fourth-order valence-corrected chi connectivity index (χ4v) is 5.22. The van der Waals surface area contributed by atoms with Crippen LogP contribution in [-0.4, -0.2) is 63.7 Å². The van der Waals surface area contributed by atoms with Crippen LogP contribution < -0.4 is 20.1 Å². The molecule has 37 heavy (non-hydrogen) atoms. The highest BCUT2D eigenvalue weighted by atomic mass is 32.2. The topological polar surface area (TPSA) is 100 Å². The van der Waals surface area contributed by atoms with Crippen molar-refractivity contribution in [3.05, 3.63) is 48.7 Å². The zero-order valence-corrected chi connectivity index (χ0v) is 22.4. The molecule has 9 nitrogen and oxygen atoms in total. The quantitative estimate of drug-likeness (QED) is 0.236. The van der Waals surface area contributed by atoms with Crippen molar-refractivity contribution in [1.29, 1.82) is 0 Å². The number of thioether (sulfide) groups is 1. The molecule has 0 radical (unpaired) electrons. The third kappa shape index (κ3) is 6.08. The third-order valence-corrected chi connectivity index (χ3v) is 7.28. The summed E-state index contributed by atoms with van der Waals surface area (Å²) < 4.78 is 11.9. The number of hydrogen-bond donors (Lipinski definition) is 3. The number of ether oxygens (including phenoxy) is 2. The van der Waals surface area contributed by atoms with Crippen molar-refractivity contribution in [3.8, 4) is 11.5 Å². The second-order valence-corrected chi connectivity index (χ2v) is 11.0. The minimum atomic E-state index is 0.219. The van der Waals surface area contributed by atoms with Crippen molar-refractivity contribution in [2.24, 2.45) is 0 Å². The lowest BCUT2D eigenvalue weighted by Gasteiger charge is -2.29. The number of nitrogens with one attached hydrogen (secondary N) is 3. The van der Waals surface area contributed by atoms with Crippen LogP contribution in [-0.2, 0) is 0 Å². The standard InChI is InChI=1S/C27H33N7O2S/c1-17(2)37-24-8-6-5-7-22(24)29-25-20-16-28-33-26(20)32-27(31-25)30-21-10-9-19(15-23(21)35-4)36-18-11-13-34(3)14-12-18/h5-10,15-18H,11-14H2,1-4H3,(H3,28,29,30,31,32,33). The molecule has 2 aromatic carbocycles. The van der Waals surface area contributed by atoms with Gasteiger partial charge in [0.15, 0.2) is 5.65 Å². The number of aromatic nitrogens is 4. The lowest BCUT2D eigenvalue weighted by molar-refractivity contribution is 0.114. The summed E-state index contributed by atoms with van der Waals surface area (Å²) >= 11 is 1.80. The minimum Gasteiger partial charge on any atom is -0.494 e. The number of fused-ring (bicyclic) bond motifs is 1. The van der Waals surface area contributed by atoms with Crippen molar-refractivity contribution < 1.29 is 9.47 Å². The Morgan fingerprint density at radius 2 is 1.86 bits per heavy atom. The molecule has 1 saturated heterocycles. The van der Waals surface area contributed by atoms with Crippen LogP contribution in [0, 0.1) is 0 Å². The molecular formula is C27H33N7O2S. The summed E-state index contributed by atoms with van der Waals surface area (Å²) in [6.45, 7) is 6.46. The average molecular weight is 520 g/mol. The van der Waals surface area contributed by atoms with Crippen molar-refractivity contribution in [3.63, 3.8) is 0 Å². The number of aromatic amines is 1. The maximum Gasteiger partial charge on any atom is 0.231 e. The summed E-state index contributed by atoms with van der Waals surface area (Å²) in [7, 11) is 3.79. The van der Waals surface area contributed by atoms with Gasteiger partial charge in [-0.15, -0.1) is 11.8 Å². The average Bonchev–Trinajstić information content (AvgIpc) is 3.36. The van der Waals surface area contributed by atoms with Crippen LogP contribution in [0.25, 0.3) is 11.0 Å². The third-order valence-electron chi connectivity index (χ3n) is 6.20. The van der Waals surface area contributed by atoms with Gasteiger partial charge in [-0.25, -0.2) is 0 Å². The van der Waals surface area contributed by atoms with Gasteiger partial charge in [-0.3, -0.25) is 5.10 Å². The van der Waals surface area contributed by atoms with Gasteiger partial charge in [0.05, 0.1) is 30.1 Å². The van der Waals surface area contributed by atoms with Crippen LogP contribution in [0.15, 0.2) is 53.6 Å². The van der Waals surface area contributed by atoms with Crippen LogP contribution in [0.2, 0.25) is 0 Å². The first-order chi connectivity index (χ1) is 18.0. The van der Waals surface area contributed by atoms with E-state index >= 15 is 0 Å². The second kappa shape index (κ2) is 11.3. The number of anilines is 4. The van der Waals surface area contributed by atoms with E-state index in [-0.39, 0.29) is 6.10 Å². The number of piperidine rings is 1. The molecule has 0 unspecified atom stereocenters. The first kappa shape index (κ1) is 25.2. The predicted molar refractivity (Wildman–Crippen MR) is 150 cm³/mol. The van der Waals surface area contributed by atoms with Crippen LogP contribution >= 0.6 is 11.8 Å². The molecule has 0 aliphatic carbocycles. The molecule has 0 spiro atoms. The number of nitrogens with zero attached hydrogens (tertiary/aromatic N) is 4. The van der Waals surface area contributed by atoms with Gasteiger partial charge in [0.25, 0.3) is 0 Å². The zero-order chi connectivity index (χ0) is 25.8. The summed E-state index contributed by atoms with van der Waals surface area (Å²) in [4.78, 5) is 12.9. The van der Waals surface area contributed by atoms with E-state index in [2.05, 4.69) is 63.7 Å². The van der Waals surface area contributed by atoms with Gasteiger partial charge in [-0.1, -0.05) is 26.0 Å². The largest absolute Gasteiger partial charge is 0.494 e. The van der Waals surface area contributed by atoms with Crippen molar-refractivity contribution in [2.45, 2.75) is 42.9 Å². The zero-order valence-electron chi connectivity index (χ0n) is 21.6. The number of methoxy groups -OCH3 is 1. The molecule has 5 rings (SSSR count). The van der Waals surface area contributed by atoms with Gasteiger partial charge in [-0.2, -0.15) is 15.1 Å². The minimum absolute atomic E-state index is 0.219. The lowest BCUT2D eigenvalue weighted by Crippen LogP contribution is -2.35. The molecule has 194 valence electrons. The van der Waals surface area contributed by atoms with Gasteiger partial charge < -0.3 is 25.0 Å². The van der Waals surface area contributed by atoms with E-state index in [0.29, 0.717) is 28.4 Å². The molecule has 3 N–H and O–H groups in total. The normalized spacial score (nSPS) is 14.7. The molecule has 1 aliphatic rings. The maximum absolute atomic E-state index is 6.23. The molecule has 0 amide bonds. The Kier molecular flexibility index (Phi) is 7.66. The molecule has 0 bridgehead atoms. The molecule has 0 saturated carbocycles. The van der Waals surface area contributed by atoms with Crippen LogP contribution in [0.3, 0.4) is 0 Å². The Hall–Kier alpha value is -3.50. The van der Waals surface area contributed by atoms with Gasteiger partial charge in [0.2, 0.25) is 5.95 Å². The van der Waals surface area contributed by atoms with Gasteiger partial charge >= 0.3 is 0 Å². The van der Waals surface area contributed by atoms with E-state index in [1.165, 1.54) is 0 Å². The summed E-state index contributed by atoms with van der Waals surface area (Å²) in [6, 6.07) is 14.0. The predicted octanol–water partition coefficient (Wildman–Crippen LogP) is 5.82. The molecule has 1 aliphatic heterocycles. The second-order valence-electron chi connectivity index (χ2n) is 9.42. The molecule has 3 heterocycles. The molecule has 1 fully saturated rings. The molecule has 10 heteroatoms. The summed E-state index contributed by atoms with van der Waals surface area (Å²) in [5.74, 6) is 2.55. The van der Waals surface area contributed by atoms with E-state index in [9.17, 15) is 0 Å². The number of para-hydroxylation sites is 1. The van der Waals surface area contributed by atoms with Crippen LogP contribution in [0.1, 0.15) is 26.7 Å². The van der Waals surface area contributed by atoms with Crippen LogP contribution in [0.5, 0.6) is 11.5 Å². The SMILES string of the molecule is COc1cc(OC2CCN(C)CC2)ccc1Nc1nc(Nc2ccccc2SC(C)C)c2cn[nH]c2n1. The van der Waals surface area contributed by atoms with Crippen molar-refractivity contribution in [1.82, 2.24) is 25.1 Å². The number of H-pyrrole nitrogens is 1. The van der Waals surface area contributed by atoms with E-state index < -0.39 is 0 Å². The van der Waals surface area contributed by atoms with Gasteiger partial charge in [-0.05, 0) is 44.2 Å². The Morgan fingerprint density at radius 1 is 1.05 bits per heavy atom. The Bertz CT molecular complexity index is 1350. The fraction of sp³-hybridized carbons (Fsp3) is 0.370. The van der Waals surface area contributed by atoms with Crippen LogP contribution in [0.4, 0.5) is 23.1 Å². The Morgan fingerprint density at radius 3 is 2.65 bits per heavy atom. The monoisotopic (exact) mass is 519 g/mol. The number of rotatable bonds is 9. The first-order valence-electron chi connectivity index (χ1n) is 12.5. The highest BCUT2D eigenvalue weighted by Crippen LogP contribution is 2.35. The smallest absolute Gasteiger partial charge is 0.231 e.